The van der Waals surface area contributed by atoms with Gasteiger partial charge in [-0.25, -0.2) is 12.7 Å². The van der Waals surface area contributed by atoms with Crippen LogP contribution in [-0.4, -0.2) is 72.0 Å². The first-order valence-corrected chi connectivity index (χ1v) is 7.98. The maximum atomic E-state index is 11.9. The number of aryl methyl sites for hydroxylation is 1. The van der Waals surface area contributed by atoms with Gasteiger partial charge in [0.2, 0.25) is 21.8 Å². The van der Waals surface area contributed by atoms with Crippen LogP contribution in [0.15, 0.2) is 4.42 Å². The zero-order chi connectivity index (χ0) is 14.9. The highest BCUT2D eigenvalue weighted by Crippen LogP contribution is 2.21. The van der Waals surface area contributed by atoms with Gasteiger partial charge in [-0.15, -0.1) is 10.2 Å². The van der Waals surface area contributed by atoms with Crippen LogP contribution in [0.2, 0.25) is 0 Å². The number of rotatable bonds is 5. The summed E-state index contributed by atoms with van der Waals surface area (Å²) >= 11 is 0. The summed E-state index contributed by atoms with van der Waals surface area (Å²) in [7, 11) is -0.320. The van der Waals surface area contributed by atoms with E-state index in [0.717, 1.165) is 0 Å². The van der Waals surface area contributed by atoms with Gasteiger partial charge in [0.25, 0.3) is 0 Å². The third kappa shape index (κ3) is 3.54. The molecule has 0 saturated carbocycles. The maximum absolute atomic E-state index is 11.9. The third-order valence-electron chi connectivity index (χ3n) is 3.39. The molecule has 0 spiro atoms. The van der Waals surface area contributed by atoms with E-state index in [-0.39, 0.29) is 11.7 Å². The molecule has 0 radical (unpaired) electrons. The van der Waals surface area contributed by atoms with E-state index in [4.69, 9.17) is 4.42 Å². The van der Waals surface area contributed by atoms with Crippen LogP contribution >= 0.6 is 0 Å². The molecule has 114 valence electrons. The van der Waals surface area contributed by atoms with Crippen molar-refractivity contribution in [1.82, 2.24) is 19.4 Å². The third-order valence-corrected chi connectivity index (χ3v) is 5.35. The first kappa shape index (κ1) is 15.4. The molecule has 0 bridgehead atoms. The Labute approximate surface area is 118 Å². The zero-order valence-electron chi connectivity index (χ0n) is 11.9. The molecule has 1 aromatic heterocycles. The number of hydrogen-bond donors (Lipinski definition) is 1. The van der Waals surface area contributed by atoms with Gasteiger partial charge in [0.15, 0.2) is 0 Å². The number of sulfonamides is 1. The van der Waals surface area contributed by atoms with Crippen molar-refractivity contribution in [2.75, 3.05) is 32.9 Å². The Morgan fingerprint density at radius 3 is 2.65 bits per heavy atom. The van der Waals surface area contributed by atoms with Crippen LogP contribution in [-0.2, 0) is 16.6 Å². The van der Waals surface area contributed by atoms with Gasteiger partial charge in [-0.1, -0.05) is 0 Å². The summed E-state index contributed by atoms with van der Waals surface area (Å²) in [5.41, 5.74) is 0. The molecule has 8 nitrogen and oxygen atoms in total. The van der Waals surface area contributed by atoms with Crippen molar-refractivity contribution in [3.05, 3.63) is 11.8 Å². The molecule has 2 rings (SSSR count). The standard InChI is InChI=1S/C11H20N4O4S/c1-8-12-13-11(19-8)6-15-4-9(10(16)5-15)7-20(17,18)14(2)3/h9-10,16H,4-7H2,1-3H3/t9-,10+/m0/s1. The van der Waals surface area contributed by atoms with E-state index < -0.39 is 16.1 Å². The lowest BCUT2D eigenvalue weighted by Crippen LogP contribution is -2.33. The molecule has 1 aliphatic rings. The average molecular weight is 304 g/mol. The summed E-state index contributed by atoms with van der Waals surface area (Å²) in [4.78, 5) is 1.92. The molecule has 0 aromatic carbocycles. The lowest BCUT2D eigenvalue weighted by atomic mass is 10.1. The van der Waals surface area contributed by atoms with Crippen LogP contribution in [0.3, 0.4) is 0 Å². The largest absolute Gasteiger partial charge is 0.424 e. The lowest BCUT2D eigenvalue weighted by Gasteiger charge is -2.17. The first-order chi connectivity index (χ1) is 9.28. The topological polar surface area (TPSA) is 99.8 Å². The van der Waals surface area contributed by atoms with Crippen molar-refractivity contribution < 1.29 is 17.9 Å². The molecule has 1 fully saturated rings. The number of nitrogens with zero attached hydrogens (tertiary/aromatic N) is 4. The van der Waals surface area contributed by atoms with E-state index >= 15 is 0 Å². The van der Waals surface area contributed by atoms with Crippen molar-refractivity contribution in [3.8, 4) is 0 Å². The van der Waals surface area contributed by atoms with Crippen LogP contribution in [0.1, 0.15) is 11.8 Å². The van der Waals surface area contributed by atoms with Crippen molar-refractivity contribution >= 4 is 10.0 Å². The van der Waals surface area contributed by atoms with Gasteiger partial charge < -0.3 is 9.52 Å². The summed E-state index contributed by atoms with van der Waals surface area (Å²) in [6.07, 6.45) is -0.659. The number of aromatic nitrogens is 2. The van der Waals surface area contributed by atoms with E-state index in [0.29, 0.717) is 31.4 Å². The molecule has 1 aromatic rings. The molecule has 20 heavy (non-hydrogen) atoms. The lowest BCUT2D eigenvalue weighted by molar-refractivity contribution is 0.146. The Hall–Kier alpha value is -1.03. The van der Waals surface area contributed by atoms with Crippen molar-refractivity contribution in [2.45, 2.75) is 19.6 Å². The summed E-state index contributed by atoms with van der Waals surface area (Å²) in [5.74, 6) is 0.615. The Morgan fingerprint density at radius 1 is 1.40 bits per heavy atom. The van der Waals surface area contributed by atoms with Gasteiger partial charge in [-0.05, 0) is 0 Å². The molecule has 2 heterocycles. The second kappa shape index (κ2) is 5.76. The highest BCUT2D eigenvalue weighted by atomic mass is 32.2. The van der Waals surface area contributed by atoms with Crippen molar-refractivity contribution in [1.29, 1.82) is 0 Å². The number of likely N-dealkylation sites (tertiary alicyclic amines) is 1. The summed E-state index contributed by atoms with van der Waals surface area (Å²) in [5, 5.41) is 17.6. The molecule has 1 saturated heterocycles. The summed E-state index contributed by atoms with van der Waals surface area (Å²) in [6, 6.07) is 0. The SMILES string of the molecule is Cc1nnc(CN2C[C@@H](CS(=O)(=O)N(C)C)[C@H](O)C2)o1. The van der Waals surface area contributed by atoms with Crippen molar-refractivity contribution in [2.24, 2.45) is 5.92 Å². The highest BCUT2D eigenvalue weighted by molar-refractivity contribution is 7.89. The molecule has 1 N–H and O–H groups in total. The fourth-order valence-corrected chi connectivity index (χ4v) is 3.41. The van der Waals surface area contributed by atoms with Gasteiger partial charge in [-0.3, -0.25) is 4.90 Å². The number of aliphatic hydroxyl groups is 1. The molecular weight excluding hydrogens is 284 g/mol. The van der Waals surface area contributed by atoms with E-state index in [1.165, 1.54) is 18.4 Å². The van der Waals surface area contributed by atoms with Gasteiger partial charge in [0, 0.05) is 40.0 Å². The van der Waals surface area contributed by atoms with E-state index in [9.17, 15) is 13.5 Å². The first-order valence-electron chi connectivity index (χ1n) is 6.37. The molecule has 0 amide bonds. The quantitative estimate of drug-likeness (QED) is 0.749. The Morgan fingerprint density at radius 2 is 2.10 bits per heavy atom. The van der Waals surface area contributed by atoms with Crippen LogP contribution in [0.4, 0.5) is 0 Å². The van der Waals surface area contributed by atoms with Gasteiger partial charge in [0.05, 0.1) is 18.4 Å². The molecular formula is C11H20N4O4S. The van der Waals surface area contributed by atoms with E-state index in [1.54, 1.807) is 6.92 Å². The molecule has 2 atom stereocenters. The Balaban J connectivity index is 1.95. The molecule has 9 heteroatoms. The van der Waals surface area contributed by atoms with E-state index in [1.807, 2.05) is 4.90 Å². The summed E-state index contributed by atoms with van der Waals surface area (Å²) in [6.45, 7) is 3.04. The predicted octanol–water partition coefficient (Wildman–Crippen LogP) is -0.938. The monoisotopic (exact) mass is 304 g/mol. The van der Waals surface area contributed by atoms with Gasteiger partial charge in [-0.2, -0.15) is 0 Å². The van der Waals surface area contributed by atoms with Gasteiger partial charge in [0.1, 0.15) is 0 Å². The van der Waals surface area contributed by atoms with Gasteiger partial charge >= 0.3 is 0 Å². The molecule has 0 aliphatic carbocycles. The Bertz CT molecular complexity index is 557. The molecule has 0 unspecified atom stereocenters. The average Bonchev–Trinajstić information content (AvgIpc) is 2.86. The predicted molar refractivity (Wildman–Crippen MR) is 71.3 cm³/mol. The van der Waals surface area contributed by atoms with Crippen LogP contribution in [0, 0.1) is 12.8 Å². The van der Waals surface area contributed by atoms with Crippen LogP contribution < -0.4 is 0 Å². The zero-order valence-corrected chi connectivity index (χ0v) is 12.7. The smallest absolute Gasteiger partial charge is 0.230 e. The van der Waals surface area contributed by atoms with E-state index in [2.05, 4.69) is 10.2 Å². The number of hydrogen-bond acceptors (Lipinski definition) is 7. The Kier molecular flexibility index (Phi) is 4.43. The fourth-order valence-electron chi connectivity index (χ4n) is 2.25. The number of β-amino-alcohol motifs (C(OH)–C–C–N with tert-alkyl or cyclic N) is 1. The van der Waals surface area contributed by atoms with Crippen molar-refractivity contribution in [3.63, 3.8) is 0 Å². The highest BCUT2D eigenvalue weighted by Gasteiger charge is 2.35. The summed E-state index contributed by atoms with van der Waals surface area (Å²) < 4.78 is 30.2. The maximum Gasteiger partial charge on any atom is 0.230 e. The van der Waals surface area contributed by atoms with Crippen LogP contribution in [0.5, 0.6) is 0 Å². The normalized spacial score (nSPS) is 24.6. The minimum absolute atomic E-state index is 0.0550. The fraction of sp³-hybridized carbons (Fsp3) is 0.818. The number of aliphatic hydroxyl groups excluding tert-OH is 1. The second-order valence-electron chi connectivity index (χ2n) is 5.30. The minimum atomic E-state index is -3.31. The minimum Gasteiger partial charge on any atom is -0.424 e. The second-order valence-corrected chi connectivity index (χ2v) is 7.52. The molecule has 1 aliphatic heterocycles. The van der Waals surface area contributed by atoms with Crippen LogP contribution in [0.25, 0.3) is 0 Å².